The molecule has 2 rings (SSSR count). The van der Waals surface area contributed by atoms with Crippen molar-refractivity contribution in [3.8, 4) is 11.3 Å². The van der Waals surface area contributed by atoms with Crippen molar-refractivity contribution in [2.24, 2.45) is 0 Å². The van der Waals surface area contributed by atoms with Crippen molar-refractivity contribution in [1.29, 1.82) is 0 Å². The molecule has 0 radical (unpaired) electrons. The van der Waals surface area contributed by atoms with E-state index >= 15 is 0 Å². The zero-order valence-corrected chi connectivity index (χ0v) is 11.1. The van der Waals surface area contributed by atoms with Crippen LogP contribution >= 0.6 is 31.9 Å². The summed E-state index contributed by atoms with van der Waals surface area (Å²) in [7, 11) is 0. The summed E-state index contributed by atoms with van der Waals surface area (Å²) in [6.07, 6.45) is 0. The van der Waals surface area contributed by atoms with Crippen molar-refractivity contribution in [2.45, 2.75) is 6.92 Å². The minimum absolute atomic E-state index is 0.358. The van der Waals surface area contributed by atoms with E-state index in [-0.39, 0.29) is 0 Å². The van der Waals surface area contributed by atoms with E-state index in [0.717, 1.165) is 25.8 Å². The molecule has 2 aromatic rings. The highest BCUT2D eigenvalue weighted by Crippen LogP contribution is 2.33. The van der Waals surface area contributed by atoms with Crippen molar-refractivity contribution in [2.75, 3.05) is 5.73 Å². The molecule has 3 nitrogen and oxygen atoms in total. The van der Waals surface area contributed by atoms with Gasteiger partial charge in [-0.2, -0.15) is 0 Å². The van der Waals surface area contributed by atoms with E-state index in [9.17, 15) is 0 Å². The highest BCUT2D eigenvalue weighted by Gasteiger charge is 2.13. The second kappa shape index (κ2) is 3.98. The zero-order valence-electron chi connectivity index (χ0n) is 7.92. The number of hydrogen-bond donors (Lipinski definition) is 1. The fourth-order valence-corrected chi connectivity index (χ4v) is 2.07. The van der Waals surface area contributed by atoms with Crippen LogP contribution in [0, 0.1) is 6.92 Å². The molecular weight excluding hydrogens is 324 g/mol. The van der Waals surface area contributed by atoms with Crippen LogP contribution in [0.15, 0.2) is 31.7 Å². The third-order valence-corrected chi connectivity index (χ3v) is 3.33. The number of nitrogen functional groups attached to an aromatic ring is 1. The maximum Gasteiger partial charge on any atom is 0.225 e. The van der Waals surface area contributed by atoms with Gasteiger partial charge in [0.1, 0.15) is 5.69 Å². The van der Waals surface area contributed by atoms with Gasteiger partial charge in [0.05, 0.1) is 0 Å². The smallest absolute Gasteiger partial charge is 0.225 e. The molecule has 0 amide bonds. The van der Waals surface area contributed by atoms with Crippen LogP contribution in [-0.4, -0.2) is 5.16 Å². The summed E-state index contributed by atoms with van der Waals surface area (Å²) in [5, 5.41) is 3.94. The lowest BCUT2D eigenvalue weighted by atomic mass is 10.1. The van der Waals surface area contributed by atoms with Gasteiger partial charge in [0, 0.05) is 20.1 Å². The summed E-state index contributed by atoms with van der Waals surface area (Å²) in [5.41, 5.74) is 8.19. The second-order valence-electron chi connectivity index (χ2n) is 3.14. The molecule has 1 aromatic heterocycles. The fraction of sp³-hybridized carbons (Fsp3) is 0.100. The molecule has 0 saturated carbocycles. The number of benzene rings is 1. The molecule has 0 aliphatic rings. The molecule has 5 heteroatoms. The van der Waals surface area contributed by atoms with E-state index < -0.39 is 0 Å². The Labute approximate surface area is 104 Å². The quantitative estimate of drug-likeness (QED) is 0.865. The molecule has 0 atom stereocenters. The van der Waals surface area contributed by atoms with Crippen LogP contribution in [0.3, 0.4) is 0 Å². The first-order chi connectivity index (χ1) is 7.09. The van der Waals surface area contributed by atoms with E-state index in [1.54, 1.807) is 0 Å². The molecule has 0 spiro atoms. The van der Waals surface area contributed by atoms with Crippen LogP contribution in [0.5, 0.6) is 0 Å². The van der Waals surface area contributed by atoms with Gasteiger partial charge in [-0.15, -0.1) is 0 Å². The molecule has 0 saturated heterocycles. The molecule has 2 N–H and O–H groups in total. The number of nitrogens with zero attached hydrogens (tertiary/aromatic N) is 1. The normalized spacial score (nSPS) is 10.6. The van der Waals surface area contributed by atoms with Crippen molar-refractivity contribution in [1.82, 2.24) is 5.16 Å². The highest BCUT2D eigenvalue weighted by atomic mass is 79.9. The Kier molecular flexibility index (Phi) is 2.84. The van der Waals surface area contributed by atoms with E-state index in [2.05, 4.69) is 37.0 Å². The van der Waals surface area contributed by atoms with Gasteiger partial charge in [-0.05, 0) is 25.1 Å². The van der Waals surface area contributed by atoms with Gasteiger partial charge in [-0.3, -0.25) is 0 Å². The number of nitrogens with two attached hydrogens (primary N) is 1. The Hall–Kier alpha value is -0.810. The van der Waals surface area contributed by atoms with Gasteiger partial charge >= 0.3 is 0 Å². The lowest BCUT2D eigenvalue weighted by Crippen LogP contribution is -1.86. The van der Waals surface area contributed by atoms with Crippen molar-refractivity contribution in [3.63, 3.8) is 0 Å². The zero-order chi connectivity index (χ0) is 11.0. The molecule has 78 valence electrons. The molecule has 0 aliphatic heterocycles. The first-order valence-corrected chi connectivity index (χ1v) is 5.85. The first kappa shape index (κ1) is 10.7. The van der Waals surface area contributed by atoms with Crippen molar-refractivity contribution < 1.29 is 4.52 Å². The summed E-state index contributed by atoms with van der Waals surface area (Å²) >= 11 is 6.88. The number of aromatic nitrogens is 1. The summed E-state index contributed by atoms with van der Waals surface area (Å²) in [5.74, 6) is 0.358. The van der Waals surface area contributed by atoms with Crippen molar-refractivity contribution in [3.05, 3.63) is 32.7 Å². The van der Waals surface area contributed by atoms with Crippen LogP contribution in [0.1, 0.15) is 5.56 Å². The molecule has 1 aromatic carbocycles. The van der Waals surface area contributed by atoms with Gasteiger partial charge in [0.2, 0.25) is 5.88 Å². The maximum atomic E-state index is 5.61. The van der Waals surface area contributed by atoms with E-state index in [1.807, 2.05) is 25.1 Å². The average molecular weight is 332 g/mol. The largest absolute Gasteiger partial charge is 0.367 e. The third kappa shape index (κ3) is 1.94. The lowest BCUT2D eigenvalue weighted by molar-refractivity contribution is 0.439. The Balaban J connectivity index is 2.63. The van der Waals surface area contributed by atoms with Gasteiger partial charge in [0.25, 0.3) is 0 Å². The SMILES string of the molecule is Cc1c(-c2cc(Br)ccc2Br)noc1N. The molecular formula is C10H8Br2N2O. The molecule has 0 bridgehead atoms. The van der Waals surface area contributed by atoms with Gasteiger partial charge in [-0.1, -0.05) is 37.0 Å². The summed E-state index contributed by atoms with van der Waals surface area (Å²) in [6, 6.07) is 5.87. The van der Waals surface area contributed by atoms with Crippen LogP contribution in [-0.2, 0) is 0 Å². The van der Waals surface area contributed by atoms with Gasteiger partial charge in [-0.25, -0.2) is 0 Å². The Morgan fingerprint density at radius 2 is 2.07 bits per heavy atom. The standard InChI is InChI=1S/C10H8Br2N2O/c1-5-9(14-15-10(5)13)7-4-6(11)2-3-8(7)12/h2-4H,13H2,1H3. The Bertz CT molecular complexity index is 508. The number of anilines is 1. The monoisotopic (exact) mass is 330 g/mol. The number of hydrogen-bond acceptors (Lipinski definition) is 3. The van der Waals surface area contributed by atoms with Crippen LogP contribution in [0.2, 0.25) is 0 Å². The predicted octanol–water partition coefficient (Wildman–Crippen LogP) is 3.76. The second-order valence-corrected chi connectivity index (χ2v) is 4.91. The highest BCUT2D eigenvalue weighted by molar-refractivity contribution is 9.11. The first-order valence-electron chi connectivity index (χ1n) is 4.26. The predicted molar refractivity (Wildman–Crippen MR) is 66.5 cm³/mol. The molecule has 15 heavy (non-hydrogen) atoms. The molecule has 0 unspecified atom stereocenters. The minimum Gasteiger partial charge on any atom is -0.367 e. The molecule has 1 heterocycles. The maximum absolute atomic E-state index is 5.61. The van der Waals surface area contributed by atoms with Crippen LogP contribution in [0.4, 0.5) is 5.88 Å². The van der Waals surface area contributed by atoms with Gasteiger partial charge < -0.3 is 10.3 Å². The summed E-state index contributed by atoms with van der Waals surface area (Å²) < 4.78 is 6.88. The average Bonchev–Trinajstić information content (AvgIpc) is 2.52. The fourth-order valence-electron chi connectivity index (χ4n) is 1.28. The molecule has 0 aliphatic carbocycles. The van der Waals surface area contributed by atoms with Crippen LogP contribution < -0.4 is 5.73 Å². The topological polar surface area (TPSA) is 52.0 Å². The summed E-state index contributed by atoms with van der Waals surface area (Å²) in [4.78, 5) is 0. The molecule has 0 fully saturated rings. The van der Waals surface area contributed by atoms with Crippen LogP contribution in [0.25, 0.3) is 11.3 Å². The number of halogens is 2. The summed E-state index contributed by atoms with van der Waals surface area (Å²) in [6.45, 7) is 1.88. The lowest BCUT2D eigenvalue weighted by Gasteiger charge is -2.02. The van der Waals surface area contributed by atoms with E-state index in [0.29, 0.717) is 5.88 Å². The Morgan fingerprint density at radius 3 is 2.67 bits per heavy atom. The van der Waals surface area contributed by atoms with Crippen molar-refractivity contribution >= 4 is 37.7 Å². The van der Waals surface area contributed by atoms with E-state index in [4.69, 9.17) is 10.3 Å². The van der Waals surface area contributed by atoms with Gasteiger partial charge in [0.15, 0.2) is 0 Å². The minimum atomic E-state index is 0.358. The van der Waals surface area contributed by atoms with E-state index in [1.165, 1.54) is 0 Å². The third-order valence-electron chi connectivity index (χ3n) is 2.14. The Morgan fingerprint density at radius 1 is 1.33 bits per heavy atom. The number of rotatable bonds is 1.